The maximum absolute atomic E-state index is 14.0. The zero-order chi connectivity index (χ0) is 31.8. The number of rotatable bonds is 9. The van der Waals surface area contributed by atoms with Gasteiger partial charge in [-0.05, 0) is 61.0 Å². The van der Waals surface area contributed by atoms with Crippen molar-refractivity contribution in [1.29, 1.82) is 0 Å². The van der Waals surface area contributed by atoms with Gasteiger partial charge in [-0.25, -0.2) is 4.90 Å². The van der Waals surface area contributed by atoms with Gasteiger partial charge in [0, 0.05) is 33.6 Å². The average molecular weight is 667 g/mol. The molecule has 12 nitrogen and oxygen atoms in total. The van der Waals surface area contributed by atoms with Gasteiger partial charge in [-0.3, -0.25) is 29.3 Å². The van der Waals surface area contributed by atoms with E-state index in [0.29, 0.717) is 31.9 Å². The van der Waals surface area contributed by atoms with E-state index < -0.39 is 39.7 Å². The number of carbonyl (C=O) groups excluding carboxylic acids is 3. The maximum Gasteiger partial charge on any atom is 0.305 e. The van der Waals surface area contributed by atoms with E-state index >= 15 is 0 Å². The first kappa shape index (κ1) is 30.4. The Hall–Kier alpha value is -4.66. The molecule has 0 spiro atoms. The molecule has 3 aromatic carbocycles. The van der Waals surface area contributed by atoms with Gasteiger partial charge in [0.25, 0.3) is 11.6 Å². The summed E-state index contributed by atoms with van der Waals surface area (Å²) in [5.74, 6) is -2.32. The van der Waals surface area contributed by atoms with Crippen molar-refractivity contribution in [2.75, 3.05) is 23.4 Å². The SMILES string of the molecule is CCOc1cc([C@@H]2c3sc(=O)[nH]c3S[C@H]3C(=O)N(c4ccc([N+](=O)[O-])cc4)C(=O)[C@@H]23)ccc1OCC(=O)Nc1ccc(Cl)cc1. The maximum atomic E-state index is 14.0. The lowest BCUT2D eigenvalue weighted by atomic mass is 9.83. The number of anilines is 2. The van der Waals surface area contributed by atoms with Crippen molar-refractivity contribution in [2.24, 2.45) is 5.92 Å². The van der Waals surface area contributed by atoms with E-state index in [4.69, 9.17) is 21.1 Å². The van der Waals surface area contributed by atoms with Crippen LogP contribution in [-0.2, 0) is 14.4 Å². The number of amides is 3. The lowest BCUT2D eigenvalue weighted by molar-refractivity contribution is -0.384. The summed E-state index contributed by atoms with van der Waals surface area (Å²) < 4.78 is 11.6. The van der Waals surface area contributed by atoms with Crippen molar-refractivity contribution in [3.63, 3.8) is 0 Å². The van der Waals surface area contributed by atoms with Crippen molar-refractivity contribution in [2.45, 2.75) is 23.1 Å². The van der Waals surface area contributed by atoms with Gasteiger partial charge in [0.1, 0.15) is 5.25 Å². The fraction of sp³-hybridized carbons (Fsp3) is 0.200. The number of aromatic amines is 1. The Balaban J connectivity index is 1.30. The predicted molar refractivity (Wildman–Crippen MR) is 169 cm³/mol. The molecule has 4 aromatic rings. The predicted octanol–water partition coefficient (Wildman–Crippen LogP) is 5.21. The Bertz CT molecular complexity index is 1880. The van der Waals surface area contributed by atoms with Gasteiger partial charge < -0.3 is 19.8 Å². The third kappa shape index (κ3) is 5.91. The highest BCUT2D eigenvalue weighted by Gasteiger charge is 2.56. The number of thioether (sulfide) groups is 1. The van der Waals surface area contributed by atoms with E-state index in [1.54, 1.807) is 49.4 Å². The quantitative estimate of drug-likeness (QED) is 0.139. The van der Waals surface area contributed by atoms with Crippen LogP contribution in [0.15, 0.2) is 76.6 Å². The van der Waals surface area contributed by atoms with Crippen LogP contribution in [0.5, 0.6) is 11.5 Å². The van der Waals surface area contributed by atoms with E-state index in [-0.39, 0.29) is 35.2 Å². The minimum absolute atomic E-state index is 0.171. The third-order valence-electron chi connectivity index (χ3n) is 7.26. The Morgan fingerprint density at radius 3 is 2.44 bits per heavy atom. The fourth-order valence-corrected chi connectivity index (χ4v) is 7.97. The second kappa shape index (κ2) is 12.4. The Labute approximate surface area is 268 Å². The molecular formula is C30H23ClN4O8S2. The smallest absolute Gasteiger partial charge is 0.305 e. The molecule has 1 saturated heterocycles. The molecule has 6 rings (SSSR count). The molecule has 2 aliphatic heterocycles. The highest BCUT2D eigenvalue weighted by atomic mass is 35.5. The van der Waals surface area contributed by atoms with Crippen LogP contribution in [0.1, 0.15) is 23.3 Å². The summed E-state index contributed by atoms with van der Waals surface area (Å²) in [6.45, 7) is 1.75. The number of non-ortho nitro benzene ring substituents is 1. The minimum Gasteiger partial charge on any atom is -0.490 e. The summed E-state index contributed by atoms with van der Waals surface area (Å²) in [7, 11) is 0. The van der Waals surface area contributed by atoms with Gasteiger partial charge in [0.15, 0.2) is 18.1 Å². The van der Waals surface area contributed by atoms with Gasteiger partial charge in [0.2, 0.25) is 11.8 Å². The van der Waals surface area contributed by atoms with Crippen LogP contribution in [0, 0.1) is 16.0 Å². The molecule has 0 radical (unpaired) electrons. The molecule has 2 N–H and O–H groups in total. The molecule has 3 heterocycles. The zero-order valence-electron chi connectivity index (χ0n) is 23.4. The zero-order valence-corrected chi connectivity index (χ0v) is 25.7. The number of nitro benzene ring substituents is 1. The molecule has 45 heavy (non-hydrogen) atoms. The van der Waals surface area contributed by atoms with Gasteiger partial charge in [-0.2, -0.15) is 0 Å². The number of imide groups is 1. The lowest BCUT2D eigenvalue weighted by Crippen LogP contribution is -2.32. The summed E-state index contributed by atoms with van der Waals surface area (Å²) in [6, 6.07) is 16.9. The van der Waals surface area contributed by atoms with Gasteiger partial charge in [-0.1, -0.05) is 40.8 Å². The molecule has 0 bridgehead atoms. The number of aromatic nitrogens is 1. The monoisotopic (exact) mass is 666 g/mol. The Kier molecular flexibility index (Phi) is 8.36. The minimum atomic E-state index is -0.872. The first-order chi connectivity index (χ1) is 21.6. The van der Waals surface area contributed by atoms with Crippen molar-refractivity contribution >= 4 is 69.5 Å². The van der Waals surface area contributed by atoms with E-state index in [0.717, 1.165) is 28.0 Å². The normalized spacial score (nSPS) is 18.7. The second-order valence-corrected chi connectivity index (χ2v) is 12.6. The summed E-state index contributed by atoms with van der Waals surface area (Å²) in [5, 5.41) is 14.0. The number of nitro groups is 1. The third-order valence-corrected chi connectivity index (χ3v) is 9.91. The van der Waals surface area contributed by atoms with Gasteiger partial charge >= 0.3 is 4.87 Å². The second-order valence-electron chi connectivity index (χ2n) is 10.0. The van der Waals surface area contributed by atoms with Crippen LogP contribution in [0.25, 0.3) is 0 Å². The van der Waals surface area contributed by atoms with E-state index in [2.05, 4.69) is 10.3 Å². The number of nitrogens with one attached hydrogen (secondary N) is 2. The summed E-state index contributed by atoms with van der Waals surface area (Å²) in [5.41, 5.74) is 1.21. The van der Waals surface area contributed by atoms with Gasteiger partial charge in [-0.15, -0.1) is 0 Å². The summed E-state index contributed by atoms with van der Waals surface area (Å²) in [6.07, 6.45) is 0. The molecule has 3 atom stereocenters. The van der Waals surface area contributed by atoms with Crippen LogP contribution in [0.3, 0.4) is 0 Å². The van der Waals surface area contributed by atoms with E-state index in [9.17, 15) is 29.3 Å². The van der Waals surface area contributed by atoms with Crippen molar-refractivity contribution < 1.29 is 28.8 Å². The summed E-state index contributed by atoms with van der Waals surface area (Å²) >= 11 is 7.99. The van der Waals surface area contributed by atoms with Crippen LogP contribution in [0.2, 0.25) is 5.02 Å². The number of H-pyrrole nitrogens is 1. The molecule has 0 aliphatic carbocycles. The highest BCUT2D eigenvalue weighted by Crippen LogP contribution is 2.53. The molecule has 0 unspecified atom stereocenters. The lowest BCUT2D eigenvalue weighted by Gasteiger charge is -2.30. The highest BCUT2D eigenvalue weighted by molar-refractivity contribution is 8.00. The molecule has 2 aliphatic rings. The number of hydrogen-bond donors (Lipinski definition) is 2. The average Bonchev–Trinajstić information content (AvgIpc) is 3.51. The number of thiazole rings is 1. The fourth-order valence-electron chi connectivity index (χ4n) is 5.33. The Morgan fingerprint density at radius 1 is 1.02 bits per heavy atom. The number of benzene rings is 3. The molecule has 230 valence electrons. The van der Waals surface area contributed by atoms with Crippen LogP contribution >= 0.6 is 34.7 Å². The van der Waals surface area contributed by atoms with Crippen molar-refractivity contribution in [3.05, 3.63) is 102 Å². The number of nitrogens with zero attached hydrogens (tertiary/aromatic N) is 2. The summed E-state index contributed by atoms with van der Waals surface area (Å²) in [4.78, 5) is 67.3. The Morgan fingerprint density at radius 2 is 1.76 bits per heavy atom. The molecule has 1 aromatic heterocycles. The molecular weight excluding hydrogens is 644 g/mol. The number of halogens is 1. The number of hydrogen-bond acceptors (Lipinski definition) is 10. The first-order valence-corrected chi connectivity index (χ1v) is 15.7. The van der Waals surface area contributed by atoms with E-state index in [1.165, 1.54) is 24.3 Å². The van der Waals surface area contributed by atoms with Crippen LogP contribution in [-0.4, -0.2) is 46.1 Å². The topological polar surface area (TPSA) is 161 Å². The number of carbonyl (C=O) groups is 3. The first-order valence-electron chi connectivity index (χ1n) is 13.6. The molecule has 0 saturated carbocycles. The van der Waals surface area contributed by atoms with Crippen molar-refractivity contribution in [1.82, 2.24) is 4.98 Å². The van der Waals surface area contributed by atoms with E-state index in [1.807, 2.05) is 0 Å². The molecule has 15 heteroatoms. The molecule has 1 fully saturated rings. The van der Waals surface area contributed by atoms with Crippen LogP contribution < -0.4 is 24.6 Å². The van der Waals surface area contributed by atoms with Crippen LogP contribution in [0.4, 0.5) is 17.1 Å². The molecule has 3 amide bonds. The van der Waals surface area contributed by atoms with Crippen molar-refractivity contribution in [3.8, 4) is 11.5 Å². The number of ether oxygens (including phenoxy) is 2. The van der Waals surface area contributed by atoms with Gasteiger partial charge in [0.05, 0.1) is 28.2 Å². The largest absolute Gasteiger partial charge is 0.490 e. The number of fused-ring (bicyclic) bond motifs is 2. The standard InChI is InChI=1S/C30H23ClN4O8S2/c1-2-42-21-13-15(3-12-20(21)43-14-22(36)32-17-6-4-16(31)5-7-17)23-24-26(44-27-25(23)45-30(39)33-27)29(38)34(28(24)37)18-8-10-19(11-9-18)35(40)41/h3-13,23-24,26H,2,14H2,1H3,(H,32,36)(H,33,39)/t23-,24-,26+/m0/s1.